The number of ether oxygens (including phenoxy) is 1. The molecule has 2 atom stereocenters. The molecule has 6 nitrogen and oxygen atoms in total. The van der Waals surface area contributed by atoms with Crippen molar-refractivity contribution in [3.05, 3.63) is 65.4 Å². The number of nitrogens with zero attached hydrogens (tertiary/aromatic N) is 2. The zero-order valence-corrected chi connectivity index (χ0v) is 18.3. The van der Waals surface area contributed by atoms with Crippen molar-refractivity contribution in [2.45, 2.75) is 31.2 Å². The van der Waals surface area contributed by atoms with Crippen molar-refractivity contribution in [3.63, 3.8) is 0 Å². The summed E-state index contributed by atoms with van der Waals surface area (Å²) in [6.45, 7) is 5.31. The van der Waals surface area contributed by atoms with Crippen LogP contribution in [0, 0.1) is 0 Å². The number of aromatic nitrogens is 1. The third-order valence-corrected chi connectivity index (χ3v) is 7.42. The number of likely N-dealkylation sites (tertiary alicyclic amines) is 1. The fourth-order valence-electron chi connectivity index (χ4n) is 5.69. The van der Waals surface area contributed by atoms with Gasteiger partial charge in [0, 0.05) is 56.5 Å². The number of rotatable bonds is 4. The van der Waals surface area contributed by atoms with Gasteiger partial charge in [0.05, 0.1) is 12.6 Å². The highest BCUT2D eigenvalue weighted by atomic mass is 16.6. The first-order valence-corrected chi connectivity index (χ1v) is 11.9. The van der Waals surface area contributed by atoms with E-state index in [1.165, 1.54) is 27.8 Å². The molecule has 0 saturated carbocycles. The van der Waals surface area contributed by atoms with Crippen LogP contribution in [0.1, 0.15) is 41.5 Å². The Morgan fingerprint density at radius 2 is 1.94 bits per heavy atom. The zero-order valence-electron chi connectivity index (χ0n) is 18.3. The van der Waals surface area contributed by atoms with Gasteiger partial charge in [-0.3, -0.25) is 0 Å². The molecule has 1 aromatic heterocycles. The molecule has 2 N–H and O–H groups in total. The summed E-state index contributed by atoms with van der Waals surface area (Å²) in [6.07, 6.45) is 4.56. The van der Waals surface area contributed by atoms with Crippen molar-refractivity contribution < 1.29 is 9.53 Å². The van der Waals surface area contributed by atoms with Crippen molar-refractivity contribution in [2.75, 3.05) is 44.2 Å². The molecule has 3 aliphatic rings. The van der Waals surface area contributed by atoms with Crippen LogP contribution in [0.25, 0.3) is 10.9 Å². The Morgan fingerprint density at radius 1 is 1.03 bits per heavy atom. The molecule has 1 aliphatic carbocycles. The Bertz CT molecular complexity index is 1130. The van der Waals surface area contributed by atoms with E-state index < -0.39 is 0 Å². The number of carbonyl (C=O) groups is 1. The van der Waals surface area contributed by atoms with Crippen molar-refractivity contribution in [1.82, 2.24) is 15.2 Å². The molecule has 2 bridgehead atoms. The van der Waals surface area contributed by atoms with E-state index in [-0.39, 0.29) is 12.1 Å². The van der Waals surface area contributed by atoms with Gasteiger partial charge in [-0.25, -0.2) is 4.79 Å². The monoisotopic (exact) mass is 430 g/mol. The molecule has 3 heterocycles. The number of benzene rings is 2. The highest BCUT2D eigenvalue weighted by Crippen LogP contribution is 2.50. The summed E-state index contributed by atoms with van der Waals surface area (Å²) in [5, 5.41) is 4.62. The van der Waals surface area contributed by atoms with Crippen LogP contribution in [0.5, 0.6) is 0 Å². The number of aromatic amines is 1. The fourth-order valence-corrected chi connectivity index (χ4v) is 5.69. The van der Waals surface area contributed by atoms with E-state index in [0.717, 1.165) is 57.5 Å². The molecule has 0 spiro atoms. The molecule has 2 aromatic carbocycles. The van der Waals surface area contributed by atoms with Gasteiger partial charge in [-0.05, 0) is 65.1 Å². The topological polar surface area (TPSA) is 60.6 Å². The summed E-state index contributed by atoms with van der Waals surface area (Å²) in [5.41, 5.74) is 6.35. The van der Waals surface area contributed by atoms with Crippen molar-refractivity contribution >= 4 is 22.7 Å². The van der Waals surface area contributed by atoms with Crippen LogP contribution < -0.4 is 10.2 Å². The van der Waals surface area contributed by atoms with E-state index in [1.54, 1.807) is 0 Å². The van der Waals surface area contributed by atoms with Gasteiger partial charge in [0.1, 0.15) is 0 Å². The summed E-state index contributed by atoms with van der Waals surface area (Å²) in [4.78, 5) is 20.7. The molecular weight excluding hydrogens is 400 g/mol. The SMILES string of the molecule is O=C(OCCc1ccc2cc[nH]c2c1)N1CCC2CC1c1cc(N3CCNCC3)ccc12. The maximum Gasteiger partial charge on any atom is 0.410 e. The number of anilines is 1. The minimum Gasteiger partial charge on any atom is -0.449 e. The summed E-state index contributed by atoms with van der Waals surface area (Å²) >= 11 is 0. The maximum absolute atomic E-state index is 13.0. The van der Waals surface area contributed by atoms with Crippen LogP contribution in [0.2, 0.25) is 0 Å². The predicted octanol–water partition coefficient (Wildman–Crippen LogP) is 4.19. The third kappa shape index (κ3) is 3.52. The van der Waals surface area contributed by atoms with Gasteiger partial charge in [-0.1, -0.05) is 18.2 Å². The Morgan fingerprint density at radius 3 is 2.84 bits per heavy atom. The number of piperidine rings is 1. The number of piperazine rings is 1. The van der Waals surface area contributed by atoms with Crippen molar-refractivity contribution in [1.29, 1.82) is 0 Å². The Kier molecular flexibility index (Phi) is 5.02. The lowest BCUT2D eigenvalue weighted by Crippen LogP contribution is -2.43. The standard InChI is InChI=1S/C26H30N4O2/c31-26(32-14-7-18-1-2-19-5-8-28-24(19)15-18)30-11-6-20-16-25(30)23-17-21(3-4-22(20)23)29-12-9-27-10-13-29/h1-5,8,15,17,20,25,27-28H,6-7,9-14,16H2. The molecule has 2 unspecified atom stereocenters. The van der Waals surface area contributed by atoms with E-state index in [1.807, 2.05) is 11.1 Å². The maximum atomic E-state index is 13.0. The molecule has 6 heteroatoms. The number of carbonyl (C=O) groups excluding carboxylic acids is 1. The summed E-state index contributed by atoms with van der Waals surface area (Å²) in [6, 6.07) is 15.5. The Labute approximate surface area is 188 Å². The predicted molar refractivity (Wildman–Crippen MR) is 126 cm³/mol. The van der Waals surface area contributed by atoms with E-state index in [2.05, 4.69) is 57.7 Å². The first-order chi connectivity index (χ1) is 15.8. The first-order valence-electron chi connectivity index (χ1n) is 11.9. The first kappa shape index (κ1) is 19.7. The van der Waals surface area contributed by atoms with Crippen LogP contribution in [-0.4, -0.2) is 55.3 Å². The highest BCUT2D eigenvalue weighted by molar-refractivity contribution is 5.79. The van der Waals surface area contributed by atoms with E-state index >= 15 is 0 Å². The molecule has 2 aliphatic heterocycles. The van der Waals surface area contributed by atoms with Crippen LogP contribution >= 0.6 is 0 Å². The molecule has 2 saturated heterocycles. The lowest BCUT2D eigenvalue weighted by molar-refractivity contribution is 0.0753. The van der Waals surface area contributed by atoms with Gasteiger partial charge in [0.25, 0.3) is 0 Å². The summed E-state index contributed by atoms with van der Waals surface area (Å²) < 4.78 is 5.75. The van der Waals surface area contributed by atoms with Gasteiger partial charge in [-0.2, -0.15) is 0 Å². The Balaban J connectivity index is 1.13. The van der Waals surface area contributed by atoms with Crippen LogP contribution in [0.3, 0.4) is 0 Å². The normalized spacial score (nSPS) is 22.2. The second-order valence-electron chi connectivity index (χ2n) is 9.24. The van der Waals surface area contributed by atoms with Crippen LogP contribution in [0.15, 0.2) is 48.7 Å². The average molecular weight is 431 g/mol. The van der Waals surface area contributed by atoms with Gasteiger partial charge in [0.2, 0.25) is 0 Å². The average Bonchev–Trinajstić information content (AvgIpc) is 3.42. The molecule has 3 aromatic rings. The number of nitrogens with one attached hydrogen (secondary N) is 2. The minimum atomic E-state index is -0.171. The summed E-state index contributed by atoms with van der Waals surface area (Å²) in [5.74, 6) is 0.573. The lowest BCUT2D eigenvalue weighted by Gasteiger charge is -2.33. The number of H-pyrrole nitrogens is 1. The molecule has 166 valence electrons. The molecular formula is C26H30N4O2. The quantitative estimate of drug-likeness (QED) is 0.652. The fraction of sp³-hybridized carbons (Fsp3) is 0.423. The van der Waals surface area contributed by atoms with Crippen LogP contribution in [-0.2, 0) is 11.2 Å². The number of amides is 1. The van der Waals surface area contributed by atoms with Gasteiger partial charge < -0.3 is 24.8 Å². The molecule has 6 rings (SSSR count). The number of hydrogen-bond acceptors (Lipinski definition) is 4. The smallest absolute Gasteiger partial charge is 0.410 e. The van der Waals surface area contributed by atoms with Crippen LogP contribution in [0.4, 0.5) is 10.5 Å². The zero-order chi connectivity index (χ0) is 21.5. The van der Waals surface area contributed by atoms with Gasteiger partial charge >= 0.3 is 6.09 Å². The highest BCUT2D eigenvalue weighted by Gasteiger charge is 2.41. The second-order valence-corrected chi connectivity index (χ2v) is 9.24. The minimum absolute atomic E-state index is 0.148. The van der Waals surface area contributed by atoms with Gasteiger partial charge in [0.15, 0.2) is 0 Å². The molecule has 32 heavy (non-hydrogen) atoms. The second kappa shape index (κ2) is 8.17. The number of hydrogen-bond donors (Lipinski definition) is 2. The van der Waals surface area contributed by atoms with Crippen molar-refractivity contribution in [2.24, 2.45) is 0 Å². The number of fused-ring (bicyclic) bond motifs is 6. The van der Waals surface area contributed by atoms with Gasteiger partial charge in [-0.15, -0.1) is 0 Å². The molecule has 1 amide bonds. The van der Waals surface area contributed by atoms with Crippen molar-refractivity contribution in [3.8, 4) is 0 Å². The summed E-state index contributed by atoms with van der Waals surface area (Å²) in [7, 11) is 0. The van der Waals surface area contributed by atoms with E-state index in [9.17, 15) is 4.79 Å². The third-order valence-electron chi connectivity index (χ3n) is 7.42. The molecule has 2 fully saturated rings. The lowest BCUT2D eigenvalue weighted by atomic mass is 9.96. The largest absolute Gasteiger partial charge is 0.449 e. The van der Waals surface area contributed by atoms with E-state index in [0.29, 0.717) is 12.5 Å². The molecule has 0 radical (unpaired) electrons. The Hall–Kier alpha value is -2.99. The van der Waals surface area contributed by atoms with E-state index in [4.69, 9.17) is 4.74 Å².